The zero-order valence-electron chi connectivity index (χ0n) is 28.4. The summed E-state index contributed by atoms with van der Waals surface area (Å²) in [4.78, 5) is 50.6. The normalized spacial score (nSPS) is 16.0. The Balaban J connectivity index is 0.00000206. The van der Waals surface area contributed by atoms with Crippen LogP contribution < -0.4 is 0 Å². The molecule has 0 aromatic heterocycles. The molecule has 236 valence electrons. The Bertz CT molecular complexity index is 1250. The zero-order valence-corrected chi connectivity index (χ0v) is 28.4. The monoisotopic (exact) mass is 588 g/mol. The second-order valence-corrected chi connectivity index (χ2v) is 14.0. The average Bonchev–Trinajstić information content (AvgIpc) is 2.89. The van der Waals surface area contributed by atoms with Gasteiger partial charge in [0.1, 0.15) is 17.3 Å². The Morgan fingerprint density at radius 1 is 0.930 bits per heavy atom. The van der Waals surface area contributed by atoms with Gasteiger partial charge in [0.05, 0.1) is 6.42 Å². The Morgan fingerprint density at radius 3 is 2.09 bits per heavy atom. The van der Waals surface area contributed by atoms with Crippen molar-refractivity contribution in [2.45, 2.75) is 127 Å². The molecule has 3 rings (SSSR count). The topological polar surface area (TPSA) is 68.3 Å². The van der Waals surface area contributed by atoms with Crippen molar-refractivity contribution < 1.29 is 19.2 Å². The SMILES string of the molecule is CCC.CCCC(CC1CC(=O)c2c(C)ccc(-c3ccc(CC(=O)CC(C)(C)C)cc3)c2C1)C(CC)C(=O)CC(C)=O. The predicted octanol–water partition coefficient (Wildman–Crippen LogP) is 9.75. The van der Waals surface area contributed by atoms with Crippen molar-refractivity contribution in [3.8, 4) is 11.1 Å². The van der Waals surface area contributed by atoms with Gasteiger partial charge in [-0.3, -0.25) is 19.2 Å². The molecule has 0 radical (unpaired) electrons. The van der Waals surface area contributed by atoms with Crippen LogP contribution in [0.15, 0.2) is 36.4 Å². The lowest BCUT2D eigenvalue weighted by Crippen LogP contribution is -2.30. The van der Waals surface area contributed by atoms with E-state index in [-0.39, 0.29) is 52.7 Å². The highest BCUT2D eigenvalue weighted by molar-refractivity contribution is 6.02. The van der Waals surface area contributed by atoms with Gasteiger partial charge in [0.15, 0.2) is 5.78 Å². The molecule has 3 unspecified atom stereocenters. The van der Waals surface area contributed by atoms with Crippen LogP contribution in [0.3, 0.4) is 0 Å². The molecule has 4 nitrogen and oxygen atoms in total. The maximum absolute atomic E-state index is 13.5. The fourth-order valence-corrected chi connectivity index (χ4v) is 6.69. The summed E-state index contributed by atoms with van der Waals surface area (Å²) in [5.41, 5.74) is 6.11. The molecule has 0 saturated carbocycles. The molecule has 1 aliphatic rings. The highest BCUT2D eigenvalue weighted by Crippen LogP contribution is 2.40. The Morgan fingerprint density at radius 2 is 1.56 bits per heavy atom. The molecule has 0 fully saturated rings. The van der Waals surface area contributed by atoms with Gasteiger partial charge >= 0.3 is 0 Å². The Hall–Kier alpha value is -2.88. The van der Waals surface area contributed by atoms with E-state index in [1.165, 1.54) is 13.3 Å². The number of hydrogen-bond acceptors (Lipinski definition) is 4. The standard InChI is InChI=1S/C36H48O4.C3H8/c1-8-10-28(30(9-2)33(39)17-24(4)37)18-26-20-32-31(16-11-23(3)35(32)34(40)21-26)27-14-12-25(13-15-27)19-29(38)22-36(5,6)7;1-3-2/h11-16,26,28,30H,8-10,17-22H2,1-7H3;3H2,1-2H3. The van der Waals surface area contributed by atoms with Gasteiger partial charge in [-0.15, -0.1) is 0 Å². The number of rotatable bonds is 13. The minimum Gasteiger partial charge on any atom is -0.300 e. The van der Waals surface area contributed by atoms with Gasteiger partial charge in [0.25, 0.3) is 0 Å². The molecular formula is C39H56O4. The molecule has 1 aliphatic carbocycles. The molecule has 3 atom stereocenters. The summed E-state index contributed by atoms with van der Waals surface area (Å²) < 4.78 is 0. The first kappa shape index (κ1) is 36.3. The highest BCUT2D eigenvalue weighted by Gasteiger charge is 2.34. The molecule has 0 heterocycles. The number of carbonyl (C=O) groups is 4. The third-order valence-corrected chi connectivity index (χ3v) is 8.30. The van der Waals surface area contributed by atoms with E-state index in [2.05, 4.69) is 59.7 Å². The molecule has 43 heavy (non-hydrogen) atoms. The van der Waals surface area contributed by atoms with E-state index in [4.69, 9.17) is 0 Å². The molecule has 0 aliphatic heterocycles. The molecule has 0 bridgehead atoms. The van der Waals surface area contributed by atoms with Crippen molar-refractivity contribution in [3.63, 3.8) is 0 Å². The van der Waals surface area contributed by atoms with Crippen LogP contribution in [0.2, 0.25) is 0 Å². The summed E-state index contributed by atoms with van der Waals surface area (Å²) in [7, 11) is 0. The summed E-state index contributed by atoms with van der Waals surface area (Å²) in [6, 6.07) is 12.4. The van der Waals surface area contributed by atoms with Crippen LogP contribution in [-0.4, -0.2) is 23.1 Å². The van der Waals surface area contributed by atoms with Crippen LogP contribution in [0.5, 0.6) is 0 Å². The van der Waals surface area contributed by atoms with Gasteiger partial charge in [-0.2, -0.15) is 0 Å². The number of Topliss-reactive ketones (excluding diaryl/α,β-unsaturated/α-hetero) is 4. The van der Waals surface area contributed by atoms with E-state index in [0.29, 0.717) is 19.3 Å². The number of hydrogen-bond donors (Lipinski definition) is 0. The Kier molecular flexibility index (Phi) is 14.2. The molecule has 0 spiro atoms. The van der Waals surface area contributed by atoms with Gasteiger partial charge in [0, 0.05) is 30.7 Å². The fourth-order valence-electron chi connectivity index (χ4n) is 6.69. The van der Waals surface area contributed by atoms with E-state index in [9.17, 15) is 19.2 Å². The van der Waals surface area contributed by atoms with Gasteiger partial charge in [0.2, 0.25) is 0 Å². The first-order valence-electron chi connectivity index (χ1n) is 16.5. The summed E-state index contributed by atoms with van der Waals surface area (Å²) in [6.45, 7) is 18.2. The molecule has 0 amide bonds. The van der Waals surface area contributed by atoms with Crippen LogP contribution in [0, 0.1) is 30.1 Å². The molecule has 0 saturated heterocycles. The number of ketones is 4. The quantitative estimate of drug-likeness (QED) is 0.218. The van der Waals surface area contributed by atoms with Gasteiger partial charge in [-0.1, -0.05) is 104 Å². The van der Waals surface area contributed by atoms with Gasteiger partial charge in [-0.25, -0.2) is 0 Å². The van der Waals surface area contributed by atoms with Crippen molar-refractivity contribution >= 4 is 23.1 Å². The number of aryl methyl sites for hydroxylation is 1. The third-order valence-electron chi connectivity index (χ3n) is 8.30. The summed E-state index contributed by atoms with van der Waals surface area (Å²) in [5.74, 6) is 0.623. The second kappa shape index (κ2) is 16.8. The summed E-state index contributed by atoms with van der Waals surface area (Å²) in [6.07, 6.45) is 7.01. The maximum atomic E-state index is 13.5. The van der Waals surface area contributed by atoms with E-state index < -0.39 is 0 Å². The molecule has 0 N–H and O–H groups in total. The van der Waals surface area contributed by atoms with Crippen LogP contribution in [0.1, 0.15) is 134 Å². The van der Waals surface area contributed by atoms with Crippen LogP contribution in [0.4, 0.5) is 0 Å². The molecule has 2 aromatic rings. The number of carbonyl (C=O) groups excluding carboxylic acids is 4. The lowest BCUT2D eigenvalue weighted by Gasteiger charge is -2.32. The second-order valence-electron chi connectivity index (χ2n) is 14.0. The Labute approximate surface area is 261 Å². The number of benzene rings is 2. The smallest absolute Gasteiger partial charge is 0.163 e. The maximum Gasteiger partial charge on any atom is 0.163 e. The fraction of sp³-hybridized carbons (Fsp3) is 0.590. The van der Waals surface area contributed by atoms with Crippen LogP contribution in [0.25, 0.3) is 11.1 Å². The van der Waals surface area contributed by atoms with Crippen molar-refractivity contribution in [2.75, 3.05) is 0 Å². The largest absolute Gasteiger partial charge is 0.300 e. The van der Waals surface area contributed by atoms with E-state index in [1.54, 1.807) is 0 Å². The first-order valence-corrected chi connectivity index (χ1v) is 16.5. The van der Waals surface area contributed by atoms with Crippen molar-refractivity contribution in [1.29, 1.82) is 0 Å². The molecule has 2 aromatic carbocycles. The van der Waals surface area contributed by atoms with Crippen LogP contribution >= 0.6 is 0 Å². The van der Waals surface area contributed by atoms with Gasteiger partial charge < -0.3 is 0 Å². The highest BCUT2D eigenvalue weighted by atomic mass is 16.1. The van der Waals surface area contributed by atoms with E-state index in [0.717, 1.165) is 65.5 Å². The minimum atomic E-state index is -0.133. The van der Waals surface area contributed by atoms with E-state index in [1.807, 2.05) is 32.0 Å². The third kappa shape index (κ3) is 11.0. The van der Waals surface area contributed by atoms with Crippen molar-refractivity contribution in [1.82, 2.24) is 0 Å². The predicted molar refractivity (Wildman–Crippen MR) is 179 cm³/mol. The van der Waals surface area contributed by atoms with E-state index >= 15 is 0 Å². The van der Waals surface area contributed by atoms with Crippen molar-refractivity contribution in [3.05, 3.63) is 58.7 Å². The van der Waals surface area contributed by atoms with Crippen LogP contribution in [-0.2, 0) is 27.2 Å². The van der Waals surface area contributed by atoms with Crippen molar-refractivity contribution in [2.24, 2.45) is 23.2 Å². The first-order chi connectivity index (χ1) is 20.2. The summed E-state index contributed by atoms with van der Waals surface area (Å²) in [5, 5.41) is 0. The summed E-state index contributed by atoms with van der Waals surface area (Å²) >= 11 is 0. The number of fused-ring (bicyclic) bond motifs is 1. The average molecular weight is 589 g/mol. The lowest BCUT2D eigenvalue weighted by molar-refractivity contribution is -0.130. The molecule has 4 heteroatoms. The minimum absolute atomic E-state index is 0.00624. The van der Waals surface area contributed by atoms with Gasteiger partial charge in [-0.05, 0) is 78.2 Å². The zero-order chi connectivity index (χ0) is 32.3. The molecular weight excluding hydrogens is 532 g/mol. The lowest BCUT2D eigenvalue weighted by atomic mass is 9.71.